The number of alkyl halides is 1. The normalized spacial score (nSPS) is 12.6. The first-order valence-electron chi connectivity index (χ1n) is 5.94. The third kappa shape index (κ3) is 9.67. The summed E-state index contributed by atoms with van der Waals surface area (Å²) < 4.78 is 2.17. The molecule has 0 rings (SSSR count). The van der Waals surface area contributed by atoms with Gasteiger partial charge in [0.2, 0.25) is 0 Å². The maximum atomic E-state index is 3.67. The molecule has 0 nitrogen and oxygen atoms in total. The summed E-state index contributed by atoms with van der Waals surface area (Å²) in [6.45, 7) is 2.26. The van der Waals surface area contributed by atoms with E-state index in [9.17, 15) is 0 Å². The summed E-state index contributed by atoms with van der Waals surface area (Å²) in [6, 6.07) is 0. The van der Waals surface area contributed by atoms with Gasteiger partial charge in [0, 0.05) is 9.31 Å². The van der Waals surface area contributed by atoms with Gasteiger partial charge in [-0.05, 0) is 38.3 Å². The lowest BCUT2D eigenvalue weighted by Gasteiger charge is -2.09. The van der Waals surface area contributed by atoms with Crippen molar-refractivity contribution < 1.29 is 0 Å². The van der Waals surface area contributed by atoms with E-state index in [1.807, 2.05) is 0 Å². The van der Waals surface area contributed by atoms with Crippen LogP contribution >= 0.6 is 63.7 Å². The number of allylic oxidation sites excluding steroid dienone is 1. The fourth-order valence-corrected chi connectivity index (χ4v) is 3.47. The molecule has 0 aromatic heterocycles. The van der Waals surface area contributed by atoms with Gasteiger partial charge in [-0.2, -0.15) is 0 Å². The van der Waals surface area contributed by atoms with Crippen LogP contribution in [0.3, 0.4) is 0 Å². The summed E-state index contributed by atoms with van der Waals surface area (Å²) in [4.78, 5) is 0.428. The molecule has 0 heterocycles. The molecule has 0 radical (unpaired) electrons. The fourth-order valence-electron chi connectivity index (χ4n) is 1.53. The molecule has 0 saturated heterocycles. The molecule has 0 aromatic carbocycles. The summed E-state index contributed by atoms with van der Waals surface area (Å²) in [5.41, 5.74) is 0. The van der Waals surface area contributed by atoms with E-state index >= 15 is 0 Å². The average Bonchev–Trinajstić information content (AvgIpc) is 2.26. The molecule has 0 saturated carbocycles. The minimum absolute atomic E-state index is 0.428. The van der Waals surface area contributed by atoms with Gasteiger partial charge in [0.05, 0.1) is 3.39 Å². The van der Waals surface area contributed by atoms with Crippen molar-refractivity contribution in [2.24, 2.45) is 0 Å². The minimum atomic E-state index is 0.428. The highest BCUT2D eigenvalue weighted by Crippen LogP contribution is 2.32. The van der Waals surface area contributed by atoms with Crippen LogP contribution in [0.1, 0.15) is 58.3 Å². The van der Waals surface area contributed by atoms with E-state index < -0.39 is 0 Å². The zero-order valence-electron chi connectivity index (χ0n) is 9.75. The minimum Gasteiger partial charge on any atom is -0.0832 e. The average molecular weight is 484 g/mol. The van der Waals surface area contributed by atoms with E-state index in [0.717, 1.165) is 3.39 Å². The zero-order chi connectivity index (χ0) is 12.4. The highest BCUT2D eigenvalue weighted by atomic mass is 79.9. The van der Waals surface area contributed by atoms with E-state index in [-0.39, 0.29) is 0 Å². The summed E-state index contributed by atoms with van der Waals surface area (Å²) in [6.07, 6.45) is 10.8. The molecule has 1 unspecified atom stereocenters. The predicted octanol–water partition coefficient (Wildman–Crippen LogP) is 7.24. The van der Waals surface area contributed by atoms with Crippen LogP contribution in [0.4, 0.5) is 0 Å². The van der Waals surface area contributed by atoms with Gasteiger partial charge in [0.25, 0.3) is 0 Å². The molecule has 1 atom stereocenters. The van der Waals surface area contributed by atoms with Crippen LogP contribution in [-0.4, -0.2) is 4.83 Å². The second-order valence-electron chi connectivity index (χ2n) is 3.99. The van der Waals surface area contributed by atoms with Crippen molar-refractivity contribution in [2.45, 2.75) is 63.1 Å². The van der Waals surface area contributed by atoms with Crippen LogP contribution in [-0.2, 0) is 0 Å². The second-order valence-corrected chi connectivity index (χ2v) is 8.60. The summed E-state index contributed by atoms with van der Waals surface area (Å²) in [5, 5.41) is 0. The van der Waals surface area contributed by atoms with Crippen molar-refractivity contribution in [3.05, 3.63) is 7.87 Å². The Morgan fingerprint density at radius 2 is 1.38 bits per heavy atom. The highest BCUT2D eigenvalue weighted by molar-refractivity contribution is 9.29. The molecule has 0 fully saturated rings. The van der Waals surface area contributed by atoms with Crippen molar-refractivity contribution in [3.8, 4) is 0 Å². The van der Waals surface area contributed by atoms with Gasteiger partial charge in [0.15, 0.2) is 0 Å². The second kappa shape index (κ2) is 11.7. The standard InChI is InChI=1S/C12H20Br4/c1-2-3-4-5-6-7-8-9-10(13)11(14)12(15)16/h10H,2-9H2,1H3. The number of hydrogen-bond acceptors (Lipinski definition) is 0. The highest BCUT2D eigenvalue weighted by Gasteiger charge is 2.10. The van der Waals surface area contributed by atoms with Gasteiger partial charge < -0.3 is 0 Å². The fraction of sp³-hybridized carbons (Fsp3) is 0.833. The van der Waals surface area contributed by atoms with E-state index in [4.69, 9.17) is 0 Å². The van der Waals surface area contributed by atoms with Crippen LogP contribution in [0.2, 0.25) is 0 Å². The van der Waals surface area contributed by atoms with E-state index in [1.54, 1.807) is 0 Å². The Kier molecular flexibility index (Phi) is 13.0. The van der Waals surface area contributed by atoms with Gasteiger partial charge in [0.1, 0.15) is 0 Å². The molecular formula is C12H20Br4. The van der Waals surface area contributed by atoms with Crippen LogP contribution in [0.5, 0.6) is 0 Å². The van der Waals surface area contributed by atoms with Gasteiger partial charge in [-0.3, -0.25) is 0 Å². The number of unbranched alkanes of at least 4 members (excludes halogenated alkanes) is 6. The topological polar surface area (TPSA) is 0 Å². The molecule has 0 aliphatic rings. The first-order valence-corrected chi connectivity index (χ1v) is 9.23. The number of rotatable bonds is 9. The maximum absolute atomic E-state index is 3.67. The summed E-state index contributed by atoms with van der Waals surface area (Å²) in [5.74, 6) is 0. The Balaban J connectivity index is 3.42. The van der Waals surface area contributed by atoms with E-state index in [0.29, 0.717) is 4.83 Å². The molecule has 0 amide bonds. The summed E-state index contributed by atoms with van der Waals surface area (Å²) >= 11 is 14.0. The van der Waals surface area contributed by atoms with Crippen LogP contribution in [0, 0.1) is 0 Å². The molecule has 0 aliphatic heterocycles. The third-order valence-corrected chi connectivity index (χ3v) is 6.91. The van der Waals surface area contributed by atoms with Gasteiger partial charge in [-0.25, -0.2) is 0 Å². The van der Waals surface area contributed by atoms with Crippen molar-refractivity contribution in [3.63, 3.8) is 0 Å². The molecular weight excluding hydrogens is 464 g/mol. The van der Waals surface area contributed by atoms with Crippen LogP contribution in [0.15, 0.2) is 7.87 Å². The van der Waals surface area contributed by atoms with Gasteiger partial charge >= 0.3 is 0 Å². The summed E-state index contributed by atoms with van der Waals surface area (Å²) in [7, 11) is 0. The molecule has 0 N–H and O–H groups in total. The number of hydrogen-bond donors (Lipinski definition) is 0. The Morgan fingerprint density at radius 3 is 1.88 bits per heavy atom. The van der Waals surface area contributed by atoms with Crippen molar-refractivity contribution in [1.82, 2.24) is 0 Å². The Hall–Kier alpha value is 1.66. The van der Waals surface area contributed by atoms with Crippen molar-refractivity contribution in [1.29, 1.82) is 0 Å². The van der Waals surface area contributed by atoms with Crippen LogP contribution in [0.25, 0.3) is 0 Å². The lowest BCUT2D eigenvalue weighted by molar-refractivity contribution is 0.580. The van der Waals surface area contributed by atoms with Gasteiger partial charge in [-0.1, -0.05) is 83.7 Å². The van der Waals surface area contributed by atoms with Crippen molar-refractivity contribution in [2.75, 3.05) is 0 Å². The smallest absolute Gasteiger partial charge is 0.0716 e. The Bertz CT molecular complexity index is 197. The first kappa shape index (κ1) is 17.7. The quantitative estimate of drug-likeness (QED) is 0.239. The lowest BCUT2D eigenvalue weighted by atomic mass is 10.1. The third-order valence-electron chi connectivity index (χ3n) is 2.52. The van der Waals surface area contributed by atoms with Crippen LogP contribution < -0.4 is 0 Å². The lowest BCUT2D eigenvalue weighted by Crippen LogP contribution is -1.97. The monoisotopic (exact) mass is 480 g/mol. The molecule has 0 spiro atoms. The SMILES string of the molecule is CCCCCCCCCC(Br)C(Br)=C(Br)Br. The predicted molar refractivity (Wildman–Crippen MR) is 89.1 cm³/mol. The van der Waals surface area contributed by atoms with Gasteiger partial charge in [-0.15, -0.1) is 0 Å². The molecule has 16 heavy (non-hydrogen) atoms. The number of halogens is 4. The largest absolute Gasteiger partial charge is 0.0832 e. The molecule has 0 aromatic rings. The molecule has 0 bridgehead atoms. The first-order chi connectivity index (χ1) is 7.59. The zero-order valence-corrected chi connectivity index (χ0v) is 16.1. The Labute approximate surface area is 134 Å². The Morgan fingerprint density at radius 1 is 0.875 bits per heavy atom. The van der Waals surface area contributed by atoms with E-state index in [1.165, 1.54) is 55.8 Å². The van der Waals surface area contributed by atoms with E-state index in [2.05, 4.69) is 70.6 Å². The molecule has 4 heteroatoms. The van der Waals surface area contributed by atoms with Crippen molar-refractivity contribution >= 4 is 63.7 Å². The molecule has 0 aliphatic carbocycles. The molecule has 96 valence electrons. The maximum Gasteiger partial charge on any atom is 0.0716 e.